The van der Waals surface area contributed by atoms with E-state index in [9.17, 15) is 19.4 Å². The number of aliphatic hydroxyl groups is 1. The van der Waals surface area contributed by atoms with Crippen molar-refractivity contribution in [1.29, 1.82) is 0 Å². The first-order valence-corrected chi connectivity index (χ1v) is 41.3. The Morgan fingerprint density at radius 3 is 0.978 bits per heavy atom. The largest absolute Gasteiger partial charge is 0.756 e. The summed E-state index contributed by atoms with van der Waals surface area (Å²) in [7, 11) is 1.28. The summed E-state index contributed by atoms with van der Waals surface area (Å²) >= 11 is 0. The lowest BCUT2D eigenvalue weighted by atomic mass is 10.0. The fraction of sp³-hybridized carbons (Fsp3) is 0.841. The van der Waals surface area contributed by atoms with Gasteiger partial charge < -0.3 is 28.8 Å². The number of allylic oxidation sites excluding steroid dienone is 11. The van der Waals surface area contributed by atoms with E-state index >= 15 is 0 Å². The molecule has 0 aliphatic rings. The SMILES string of the molecule is CC/C=C\C/C=C\C/C=C\C/C=C\C/C=C\CCCCCCCCCCCCCCCCCCCCCCCCCC(=O)NC(COP(=O)([O-])OCC[N+](C)(C)C)C(O)/C=C/CCCCCCCCCCCCCCCCCCCCCCCCCCCCCC. The predicted octanol–water partition coefficient (Wildman–Crippen LogP) is 25.4. The van der Waals surface area contributed by atoms with E-state index in [2.05, 4.69) is 79.9 Å². The van der Waals surface area contributed by atoms with Gasteiger partial charge in [-0.05, 0) is 64.2 Å². The molecule has 1 amide bonds. The van der Waals surface area contributed by atoms with Crippen LogP contribution >= 0.6 is 7.82 Å². The van der Waals surface area contributed by atoms with E-state index in [-0.39, 0.29) is 19.1 Å². The molecule has 3 atom stereocenters. The van der Waals surface area contributed by atoms with Crippen LogP contribution in [-0.4, -0.2) is 68.5 Å². The molecule has 0 radical (unpaired) electrons. The molecule has 0 fully saturated rings. The number of likely N-dealkylation sites (N-methyl/N-ethyl adjacent to an activating group) is 1. The molecule has 0 saturated heterocycles. The molecule has 0 bridgehead atoms. The Kier molecular flexibility index (Phi) is 70.6. The number of carbonyl (C=O) groups excluding carboxylic acids is 1. The fourth-order valence-corrected chi connectivity index (χ4v) is 12.8. The van der Waals surface area contributed by atoms with Gasteiger partial charge in [0.05, 0.1) is 39.9 Å². The second kappa shape index (κ2) is 72.2. The number of hydrogen-bond donors (Lipinski definition) is 2. The molecule has 0 rings (SSSR count). The van der Waals surface area contributed by atoms with Crippen LogP contribution in [0.1, 0.15) is 393 Å². The number of unbranched alkanes of at least 4 members (excludes halogenated alkanes) is 51. The first-order chi connectivity index (χ1) is 44.5. The van der Waals surface area contributed by atoms with Crippen molar-refractivity contribution in [1.82, 2.24) is 5.32 Å². The highest BCUT2D eigenvalue weighted by Gasteiger charge is 2.23. The summed E-state index contributed by atoms with van der Waals surface area (Å²) in [6.07, 6.45) is 102. The number of carbonyl (C=O) groups is 1. The topological polar surface area (TPSA) is 108 Å². The van der Waals surface area contributed by atoms with Crippen molar-refractivity contribution in [3.63, 3.8) is 0 Å². The Morgan fingerprint density at radius 1 is 0.396 bits per heavy atom. The van der Waals surface area contributed by atoms with E-state index in [4.69, 9.17) is 9.05 Å². The van der Waals surface area contributed by atoms with Crippen LogP contribution in [0.15, 0.2) is 72.9 Å². The van der Waals surface area contributed by atoms with Gasteiger partial charge >= 0.3 is 0 Å². The van der Waals surface area contributed by atoms with E-state index in [1.807, 2.05) is 27.2 Å². The maximum absolute atomic E-state index is 13.1. The van der Waals surface area contributed by atoms with E-state index in [1.165, 1.54) is 302 Å². The van der Waals surface area contributed by atoms with Crippen molar-refractivity contribution in [2.75, 3.05) is 40.9 Å². The van der Waals surface area contributed by atoms with E-state index in [0.29, 0.717) is 17.4 Å². The molecule has 0 saturated carbocycles. The third-order valence-electron chi connectivity index (χ3n) is 18.2. The van der Waals surface area contributed by atoms with Gasteiger partial charge in [-0.3, -0.25) is 9.36 Å². The van der Waals surface area contributed by atoms with Crippen molar-refractivity contribution in [3.8, 4) is 0 Å². The Labute approximate surface area is 567 Å². The zero-order valence-corrected chi connectivity index (χ0v) is 62.2. The summed E-state index contributed by atoms with van der Waals surface area (Å²) < 4.78 is 23.5. The number of nitrogens with zero attached hydrogens (tertiary/aromatic N) is 1. The third kappa shape index (κ3) is 75.2. The van der Waals surface area contributed by atoms with Gasteiger partial charge in [0.2, 0.25) is 5.91 Å². The molecule has 0 aliphatic heterocycles. The van der Waals surface area contributed by atoms with Gasteiger partial charge in [-0.1, -0.05) is 395 Å². The lowest BCUT2D eigenvalue weighted by molar-refractivity contribution is -0.870. The van der Waals surface area contributed by atoms with Crippen LogP contribution in [-0.2, 0) is 18.4 Å². The molecule has 8 nitrogen and oxygen atoms in total. The number of amides is 1. The minimum Gasteiger partial charge on any atom is -0.756 e. The third-order valence-corrected chi connectivity index (χ3v) is 19.1. The van der Waals surface area contributed by atoms with Crippen LogP contribution in [0.4, 0.5) is 0 Å². The Balaban J connectivity index is 3.95. The molecule has 0 aromatic carbocycles. The molecule has 0 spiro atoms. The van der Waals surface area contributed by atoms with Gasteiger partial charge in [-0.25, -0.2) is 0 Å². The van der Waals surface area contributed by atoms with Crippen molar-refractivity contribution in [3.05, 3.63) is 72.9 Å². The van der Waals surface area contributed by atoms with Gasteiger partial charge in [0.25, 0.3) is 7.82 Å². The molecule has 91 heavy (non-hydrogen) atoms. The number of quaternary nitrogens is 1. The summed E-state index contributed by atoms with van der Waals surface area (Å²) in [5, 5.41) is 14.0. The Bertz CT molecular complexity index is 1720. The highest BCUT2D eigenvalue weighted by Crippen LogP contribution is 2.38. The molecule has 0 aromatic rings. The maximum Gasteiger partial charge on any atom is 0.268 e. The number of nitrogens with one attached hydrogen (secondary N) is 1. The van der Waals surface area contributed by atoms with Gasteiger partial charge in [0.15, 0.2) is 0 Å². The average molecular weight is 1300 g/mol. The summed E-state index contributed by atoms with van der Waals surface area (Å²) in [4.78, 5) is 25.7. The Morgan fingerprint density at radius 2 is 0.670 bits per heavy atom. The van der Waals surface area contributed by atoms with E-state index in [0.717, 1.165) is 70.6 Å². The second-order valence-corrected chi connectivity index (χ2v) is 29.8. The maximum atomic E-state index is 13.1. The van der Waals surface area contributed by atoms with Crippen molar-refractivity contribution < 1.29 is 32.9 Å². The first-order valence-electron chi connectivity index (χ1n) is 39.8. The molecule has 0 heterocycles. The molecule has 2 N–H and O–H groups in total. The molecule has 3 unspecified atom stereocenters. The Hall–Kier alpha value is -2.06. The number of aliphatic hydroxyl groups excluding tert-OH is 1. The molecular weight excluding hydrogens is 1140 g/mol. The van der Waals surface area contributed by atoms with Gasteiger partial charge in [-0.15, -0.1) is 0 Å². The van der Waals surface area contributed by atoms with Crippen LogP contribution in [0.25, 0.3) is 0 Å². The minimum atomic E-state index is -4.61. The van der Waals surface area contributed by atoms with E-state index in [1.54, 1.807) is 6.08 Å². The molecular formula is C82H155N2O6P. The quantitative estimate of drug-likeness (QED) is 0.0272. The first kappa shape index (κ1) is 88.9. The smallest absolute Gasteiger partial charge is 0.268 e. The zero-order chi connectivity index (χ0) is 66.2. The number of phosphoric ester groups is 1. The minimum absolute atomic E-state index is 0.0000397. The van der Waals surface area contributed by atoms with Crippen molar-refractivity contribution in [2.24, 2.45) is 0 Å². The summed E-state index contributed by atoms with van der Waals surface area (Å²) in [5.41, 5.74) is 0. The van der Waals surface area contributed by atoms with Crippen LogP contribution in [0.5, 0.6) is 0 Å². The summed E-state index contributed by atoms with van der Waals surface area (Å²) in [5.74, 6) is -0.190. The molecule has 534 valence electrons. The van der Waals surface area contributed by atoms with Crippen molar-refractivity contribution in [2.45, 2.75) is 405 Å². The molecule has 9 heteroatoms. The van der Waals surface area contributed by atoms with Crippen LogP contribution in [0.2, 0.25) is 0 Å². The highest BCUT2D eigenvalue weighted by atomic mass is 31.2. The van der Waals surface area contributed by atoms with Gasteiger partial charge in [-0.2, -0.15) is 0 Å². The van der Waals surface area contributed by atoms with Crippen molar-refractivity contribution >= 4 is 13.7 Å². The standard InChI is InChI=1S/C82H155N2O6P/c1-6-8-10-12-14-16-18-20-22-24-26-28-30-32-34-36-38-39-40-41-42-43-44-45-46-48-50-52-54-56-58-60-62-64-66-68-70-72-74-76-82(86)83-80(79-90-91(87,88)89-78-77-84(3,4)5)81(85)75-73-71-69-67-65-63-61-59-57-55-53-51-49-47-37-35-33-31-29-27-25-23-21-19-17-15-13-11-9-7-2/h8,10,14,16,20,22,26,28,32,34,73,75,80-81,85H,6-7,9,11-13,15,17-19,21,23-25,27,29-31,33,35-72,74,76-79H2,1-5H3,(H-,83,86,87,88)/b10-8-,16-14-,22-20-,28-26-,34-32-,75-73+. The second-order valence-electron chi connectivity index (χ2n) is 28.4. The van der Waals surface area contributed by atoms with Crippen LogP contribution in [0, 0.1) is 0 Å². The zero-order valence-electron chi connectivity index (χ0n) is 61.3. The van der Waals surface area contributed by atoms with E-state index < -0.39 is 20.0 Å². The van der Waals surface area contributed by atoms with Crippen LogP contribution < -0.4 is 10.2 Å². The van der Waals surface area contributed by atoms with Gasteiger partial charge in [0.1, 0.15) is 13.2 Å². The molecule has 0 aromatic heterocycles. The summed E-state index contributed by atoms with van der Waals surface area (Å²) in [6.45, 7) is 4.59. The lowest BCUT2D eigenvalue weighted by Crippen LogP contribution is -2.45. The fourth-order valence-electron chi connectivity index (χ4n) is 12.1. The predicted molar refractivity (Wildman–Crippen MR) is 399 cm³/mol. The number of rotatable bonds is 74. The van der Waals surface area contributed by atoms with Gasteiger partial charge in [0, 0.05) is 6.42 Å². The molecule has 0 aliphatic carbocycles. The average Bonchev–Trinajstić information content (AvgIpc) is 3.58. The number of phosphoric acid groups is 1. The monoisotopic (exact) mass is 1300 g/mol. The lowest BCUT2D eigenvalue weighted by Gasteiger charge is -2.29. The normalized spacial score (nSPS) is 13.9. The summed E-state index contributed by atoms with van der Waals surface area (Å²) in [6, 6.07) is -0.889. The number of hydrogen-bond acceptors (Lipinski definition) is 6. The highest BCUT2D eigenvalue weighted by molar-refractivity contribution is 7.45. The van der Waals surface area contributed by atoms with Crippen LogP contribution in [0.3, 0.4) is 0 Å².